The zero-order chi connectivity index (χ0) is 20.8. The molecule has 5 nitrogen and oxygen atoms in total. The first-order valence-electron chi connectivity index (χ1n) is 9.20. The second-order valence-electron chi connectivity index (χ2n) is 7.85. The standard InChI is InChI=1S/C22H20BrClN4O/c1-13-18(20-25-26-21(29-20)22(2,3)4)27-28(17-8-6-5-7-16(17)24)19(13)14-9-11-15(23)12-10-14/h5-12H,1-4H3. The predicted molar refractivity (Wildman–Crippen MR) is 118 cm³/mol. The quantitative estimate of drug-likeness (QED) is 0.337. The highest BCUT2D eigenvalue weighted by atomic mass is 79.9. The predicted octanol–water partition coefficient (Wildman–Crippen LogP) is 6.61. The summed E-state index contributed by atoms with van der Waals surface area (Å²) in [5.41, 5.74) is 4.08. The lowest BCUT2D eigenvalue weighted by atomic mass is 9.97. The number of hydrogen-bond acceptors (Lipinski definition) is 4. The van der Waals surface area contributed by atoms with Gasteiger partial charge in [0, 0.05) is 21.0 Å². The van der Waals surface area contributed by atoms with Gasteiger partial charge in [-0.1, -0.05) is 72.6 Å². The molecular formula is C22H20BrClN4O. The van der Waals surface area contributed by atoms with Crippen LogP contribution in [0.15, 0.2) is 57.4 Å². The molecule has 2 heterocycles. The van der Waals surface area contributed by atoms with E-state index in [-0.39, 0.29) is 5.41 Å². The topological polar surface area (TPSA) is 56.7 Å². The van der Waals surface area contributed by atoms with Gasteiger partial charge in [0.2, 0.25) is 5.89 Å². The first kappa shape index (κ1) is 19.9. The summed E-state index contributed by atoms with van der Waals surface area (Å²) in [7, 11) is 0. The van der Waals surface area contributed by atoms with E-state index in [0.717, 1.165) is 27.0 Å². The van der Waals surface area contributed by atoms with Gasteiger partial charge in [-0.2, -0.15) is 5.10 Å². The minimum absolute atomic E-state index is 0.237. The van der Waals surface area contributed by atoms with E-state index < -0.39 is 0 Å². The van der Waals surface area contributed by atoms with Crippen LogP contribution in [0.1, 0.15) is 32.2 Å². The summed E-state index contributed by atoms with van der Waals surface area (Å²) in [4.78, 5) is 0. The number of hydrogen-bond donors (Lipinski definition) is 0. The van der Waals surface area contributed by atoms with Crippen LogP contribution in [0.3, 0.4) is 0 Å². The van der Waals surface area contributed by atoms with Crippen LogP contribution in [0.4, 0.5) is 0 Å². The molecule has 29 heavy (non-hydrogen) atoms. The van der Waals surface area contributed by atoms with Crippen molar-refractivity contribution in [1.82, 2.24) is 20.0 Å². The average Bonchev–Trinajstić information content (AvgIpc) is 3.28. The third-order valence-electron chi connectivity index (χ3n) is 4.59. The molecule has 7 heteroatoms. The van der Waals surface area contributed by atoms with Crippen LogP contribution in [0, 0.1) is 6.92 Å². The Labute approximate surface area is 182 Å². The normalized spacial score (nSPS) is 11.8. The first-order valence-corrected chi connectivity index (χ1v) is 10.4. The first-order chi connectivity index (χ1) is 13.8. The highest BCUT2D eigenvalue weighted by Crippen LogP contribution is 2.36. The lowest BCUT2D eigenvalue weighted by Gasteiger charge is -2.10. The number of aromatic nitrogens is 4. The van der Waals surface area contributed by atoms with Crippen molar-refractivity contribution in [3.05, 3.63) is 69.5 Å². The summed E-state index contributed by atoms with van der Waals surface area (Å²) in [5, 5.41) is 13.9. The number of rotatable bonds is 3. The molecule has 4 rings (SSSR count). The van der Waals surface area contributed by atoms with E-state index in [1.165, 1.54) is 0 Å². The number of halogens is 2. The van der Waals surface area contributed by atoms with Crippen molar-refractivity contribution in [3.63, 3.8) is 0 Å². The van der Waals surface area contributed by atoms with Gasteiger partial charge in [-0.25, -0.2) is 4.68 Å². The SMILES string of the molecule is Cc1c(-c2nnc(C(C)(C)C)o2)nn(-c2ccccc2Cl)c1-c1ccc(Br)cc1. The Morgan fingerprint density at radius 3 is 2.31 bits per heavy atom. The van der Waals surface area contributed by atoms with Crippen molar-refractivity contribution in [3.8, 4) is 28.5 Å². The van der Waals surface area contributed by atoms with Gasteiger partial charge in [0.05, 0.1) is 16.4 Å². The van der Waals surface area contributed by atoms with Gasteiger partial charge in [-0.3, -0.25) is 0 Å². The van der Waals surface area contributed by atoms with Gasteiger partial charge >= 0.3 is 0 Å². The third-order valence-corrected chi connectivity index (χ3v) is 5.44. The molecule has 0 unspecified atom stereocenters. The Bertz CT molecular complexity index is 1170. The highest BCUT2D eigenvalue weighted by Gasteiger charge is 2.26. The molecule has 0 saturated carbocycles. The minimum Gasteiger partial charge on any atom is -0.419 e. The molecule has 0 aliphatic rings. The summed E-state index contributed by atoms with van der Waals surface area (Å²) in [6, 6.07) is 15.7. The maximum atomic E-state index is 6.50. The van der Waals surface area contributed by atoms with Crippen LogP contribution in [0.25, 0.3) is 28.5 Å². The fourth-order valence-corrected chi connectivity index (χ4v) is 3.55. The molecule has 148 valence electrons. The van der Waals surface area contributed by atoms with E-state index in [4.69, 9.17) is 21.1 Å². The van der Waals surface area contributed by atoms with Gasteiger partial charge in [0.1, 0.15) is 0 Å². The number of para-hydroxylation sites is 1. The van der Waals surface area contributed by atoms with E-state index in [0.29, 0.717) is 22.5 Å². The molecule has 0 radical (unpaired) electrons. The molecule has 0 fully saturated rings. The maximum absolute atomic E-state index is 6.50. The molecule has 2 aromatic heterocycles. The lowest BCUT2D eigenvalue weighted by molar-refractivity contribution is 0.398. The summed E-state index contributed by atoms with van der Waals surface area (Å²) in [6.45, 7) is 8.11. The summed E-state index contributed by atoms with van der Waals surface area (Å²) >= 11 is 9.99. The van der Waals surface area contributed by atoms with Crippen LogP contribution in [-0.2, 0) is 5.41 Å². The van der Waals surface area contributed by atoms with Gasteiger partial charge in [-0.05, 0) is 31.2 Å². The molecule has 0 amide bonds. The maximum Gasteiger partial charge on any atom is 0.268 e. The van der Waals surface area contributed by atoms with Crippen LogP contribution in [0.5, 0.6) is 0 Å². The zero-order valence-corrected chi connectivity index (χ0v) is 18.9. The van der Waals surface area contributed by atoms with Gasteiger partial charge in [0.25, 0.3) is 5.89 Å². The second-order valence-corrected chi connectivity index (χ2v) is 9.18. The van der Waals surface area contributed by atoms with E-state index in [9.17, 15) is 0 Å². The van der Waals surface area contributed by atoms with Crippen molar-refractivity contribution in [2.45, 2.75) is 33.1 Å². The van der Waals surface area contributed by atoms with Crippen molar-refractivity contribution >= 4 is 27.5 Å². The van der Waals surface area contributed by atoms with Crippen LogP contribution in [0.2, 0.25) is 5.02 Å². The van der Waals surface area contributed by atoms with Crippen molar-refractivity contribution in [2.75, 3.05) is 0 Å². The van der Waals surface area contributed by atoms with Crippen LogP contribution in [-0.4, -0.2) is 20.0 Å². The lowest BCUT2D eigenvalue weighted by Crippen LogP contribution is -2.11. The van der Waals surface area contributed by atoms with E-state index in [2.05, 4.69) is 26.1 Å². The Morgan fingerprint density at radius 1 is 1.00 bits per heavy atom. The molecule has 2 aromatic carbocycles. The monoisotopic (exact) mass is 470 g/mol. The molecule has 4 aromatic rings. The molecular weight excluding hydrogens is 452 g/mol. The largest absolute Gasteiger partial charge is 0.419 e. The van der Waals surface area contributed by atoms with Crippen LogP contribution < -0.4 is 0 Å². The molecule has 0 atom stereocenters. The number of benzene rings is 2. The smallest absolute Gasteiger partial charge is 0.268 e. The number of nitrogens with zero attached hydrogens (tertiary/aromatic N) is 4. The van der Waals surface area contributed by atoms with Crippen LogP contribution >= 0.6 is 27.5 Å². The average molecular weight is 472 g/mol. The molecule has 0 bridgehead atoms. The molecule has 0 saturated heterocycles. The highest BCUT2D eigenvalue weighted by molar-refractivity contribution is 9.10. The van der Waals surface area contributed by atoms with Gasteiger partial charge in [0.15, 0.2) is 5.69 Å². The summed E-state index contributed by atoms with van der Waals surface area (Å²) in [6.07, 6.45) is 0. The van der Waals surface area contributed by atoms with Crippen molar-refractivity contribution in [2.24, 2.45) is 0 Å². The summed E-state index contributed by atoms with van der Waals surface area (Å²) < 4.78 is 8.82. The molecule has 0 aliphatic heterocycles. The van der Waals surface area contributed by atoms with Crippen molar-refractivity contribution < 1.29 is 4.42 Å². The molecule has 0 aliphatic carbocycles. The van der Waals surface area contributed by atoms with E-state index in [1.54, 1.807) is 0 Å². The van der Waals surface area contributed by atoms with Gasteiger partial charge < -0.3 is 4.42 Å². The summed E-state index contributed by atoms with van der Waals surface area (Å²) in [5.74, 6) is 0.973. The fourth-order valence-electron chi connectivity index (χ4n) is 3.07. The second kappa shape index (κ2) is 7.43. The zero-order valence-electron chi connectivity index (χ0n) is 16.6. The molecule has 0 spiro atoms. The minimum atomic E-state index is -0.237. The molecule has 0 N–H and O–H groups in total. The Hall–Kier alpha value is -2.44. The van der Waals surface area contributed by atoms with E-state index in [1.807, 2.05) is 80.9 Å². The van der Waals surface area contributed by atoms with Crippen molar-refractivity contribution in [1.29, 1.82) is 0 Å². The Morgan fingerprint density at radius 2 is 1.69 bits per heavy atom. The van der Waals surface area contributed by atoms with Gasteiger partial charge in [-0.15, -0.1) is 10.2 Å². The fraction of sp³-hybridized carbons (Fsp3) is 0.227. The third kappa shape index (κ3) is 3.74. The Kier molecular flexibility index (Phi) is 5.09. The van der Waals surface area contributed by atoms with E-state index >= 15 is 0 Å². The Balaban J connectivity index is 1.95.